The molecule has 4 rings (SSSR count). The summed E-state index contributed by atoms with van der Waals surface area (Å²) >= 11 is 1.31. The van der Waals surface area contributed by atoms with Crippen LogP contribution in [0.2, 0.25) is 0 Å². The van der Waals surface area contributed by atoms with Crippen molar-refractivity contribution in [1.82, 2.24) is 20.2 Å². The molecule has 1 unspecified atom stereocenters. The Hall–Kier alpha value is -2.91. The summed E-state index contributed by atoms with van der Waals surface area (Å²) in [5.41, 5.74) is 1.84. The maximum Gasteiger partial charge on any atom is 0.234 e. The Morgan fingerprint density at radius 1 is 1.27 bits per heavy atom. The zero-order chi connectivity index (χ0) is 20.8. The van der Waals surface area contributed by atoms with E-state index in [4.69, 9.17) is 9.47 Å². The van der Waals surface area contributed by atoms with Crippen LogP contribution >= 0.6 is 11.8 Å². The summed E-state index contributed by atoms with van der Waals surface area (Å²) in [5.74, 6) is 1.58. The zero-order valence-corrected chi connectivity index (χ0v) is 17.5. The van der Waals surface area contributed by atoms with Crippen LogP contribution in [0.1, 0.15) is 18.4 Å². The molecular weight excluding hydrogens is 402 g/mol. The molecule has 0 bridgehead atoms. The number of aromatic nitrogens is 4. The van der Waals surface area contributed by atoms with Gasteiger partial charge in [0, 0.05) is 12.3 Å². The van der Waals surface area contributed by atoms with Crippen LogP contribution in [0.15, 0.2) is 53.7 Å². The number of carbonyl (C=O) groups excluding carboxylic acids is 1. The van der Waals surface area contributed by atoms with E-state index < -0.39 is 0 Å². The van der Waals surface area contributed by atoms with E-state index in [0.29, 0.717) is 23.1 Å². The lowest BCUT2D eigenvalue weighted by molar-refractivity contribution is -0.113. The number of amides is 1. The Morgan fingerprint density at radius 2 is 2.13 bits per heavy atom. The summed E-state index contributed by atoms with van der Waals surface area (Å²) in [6.45, 7) is 3.41. The molecule has 1 aliphatic heterocycles. The first kappa shape index (κ1) is 20.4. The average Bonchev–Trinajstić information content (AvgIpc) is 3.40. The van der Waals surface area contributed by atoms with Crippen molar-refractivity contribution in [3.63, 3.8) is 0 Å². The minimum atomic E-state index is -0.126. The molecule has 0 saturated carbocycles. The normalized spacial score (nSPS) is 15.8. The van der Waals surface area contributed by atoms with Crippen LogP contribution < -0.4 is 10.1 Å². The van der Waals surface area contributed by atoms with Gasteiger partial charge in [-0.1, -0.05) is 23.9 Å². The molecule has 1 fully saturated rings. The van der Waals surface area contributed by atoms with Crippen molar-refractivity contribution in [3.8, 4) is 11.5 Å². The Labute approximate surface area is 179 Å². The number of thioether (sulfide) groups is 1. The summed E-state index contributed by atoms with van der Waals surface area (Å²) in [4.78, 5) is 12.3. The SMILES string of the molecule is Cc1cccc(Oc2ccc(NC(=O)CSc3nnnn3CC3CCCO3)cc2)c1. The molecule has 1 atom stereocenters. The van der Waals surface area contributed by atoms with Crippen molar-refractivity contribution in [2.75, 3.05) is 17.7 Å². The van der Waals surface area contributed by atoms with E-state index in [1.54, 1.807) is 4.68 Å². The maximum absolute atomic E-state index is 12.3. The van der Waals surface area contributed by atoms with Crippen LogP contribution in [0.5, 0.6) is 11.5 Å². The number of hydrogen-bond donors (Lipinski definition) is 1. The van der Waals surface area contributed by atoms with Gasteiger partial charge in [-0.15, -0.1) is 5.10 Å². The van der Waals surface area contributed by atoms with Gasteiger partial charge in [0.1, 0.15) is 11.5 Å². The standard InChI is InChI=1S/C21H23N5O3S/c1-15-4-2-5-18(12-15)29-17-9-7-16(8-10-17)22-20(27)14-30-21-23-24-25-26(21)13-19-6-3-11-28-19/h2,4-5,7-10,12,19H,3,6,11,13-14H2,1H3,(H,22,27). The highest BCUT2D eigenvalue weighted by Gasteiger charge is 2.19. The molecule has 1 N–H and O–H groups in total. The number of carbonyl (C=O) groups is 1. The van der Waals surface area contributed by atoms with Crippen molar-refractivity contribution in [1.29, 1.82) is 0 Å². The van der Waals surface area contributed by atoms with Crippen LogP contribution in [-0.2, 0) is 16.1 Å². The Kier molecular flexibility index (Phi) is 6.60. The Morgan fingerprint density at radius 3 is 2.90 bits per heavy atom. The second-order valence-electron chi connectivity index (χ2n) is 7.06. The molecule has 1 aliphatic rings. The molecule has 1 amide bonds. The lowest BCUT2D eigenvalue weighted by Crippen LogP contribution is -2.18. The summed E-state index contributed by atoms with van der Waals surface area (Å²) < 4.78 is 13.2. The third-order valence-electron chi connectivity index (χ3n) is 4.60. The third kappa shape index (κ3) is 5.58. The number of ether oxygens (including phenoxy) is 2. The molecule has 3 aromatic rings. The molecule has 8 nitrogen and oxygen atoms in total. The first-order valence-corrected chi connectivity index (χ1v) is 10.8. The highest BCUT2D eigenvalue weighted by atomic mass is 32.2. The van der Waals surface area contributed by atoms with E-state index in [9.17, 15) is 4.79 Å². The number of nitrogens with zero attached hydrogens (tertiary/aromatic N) is 4. The molecule has 1 saturated heterocycles. The summed E-state index contributed by atoms with van der Waals surface area (Å²) in [7, 11) is 0. The molecule has 9 heteroatoms. The lowest BCUT2D eigenvalue weighted by Gasteiger charge is -2.10. The van der Waals surface area contributed by atoms with Gasteiger partial charge in [0.2, 0.25) is 11.1 Å². The van der Waals surface area contributed by atoms with E-state index in [-0.39, 0.29) is 17.8 Å². The lowest BCUT2D eigenvalue weighted by atomic mass is 10.2. The smallest absolute Gasteiger partial charge is 0.234 e. The molecule has 0 aliphatic carbocycles. The van der Waals surface area contributed by atoms with Crippen LogP contribution in [0.25, 0.3) is 0 Å². The van der Waals surface area contributed by atoms with Crippen molar-refractivity contribution < 1.29 is 14.3 Å². The number of aryl methyl sites for hydroxylation is 1. The van der Waals surface area contributed by atoms with Crippen LogP contribution in [-0.4, -0.2) is 44.6 Å². The van der Waals surface area contributed by atoms with Gasteiger partial charge in [0.25, 0.3) is 0 Å². The molecular formula is C21H23N5O3S. The van der Waals surface area contributed by atoms with E-state index in [1.807, 2.05) is 55.5 Å². The van der Waals surface area contributed by atoms with Gasteiger partial charge in [0.15, 0.2) is 0 Å². The fourth-order valence-electron chi connectivity index (χ4n) is 3.14. The number of hydrogen-bond acceptors (Lipinski definition) is 7. The molecule has 1 aromatic heterocycles. The highest BCUT2D eigenvalue weighted by molar-refractivity contribution is 7.99. The van der Waals surface area contributed by atoms with Crippen molar-refractivity contribution in [2.45, 2.75) is 37.6 Å². The first-order valence-electron chi connectivity index (χ1n) is 9.81. The zero-order valence-electron chi connectivity index (χ0n) is 16.7. The molecule has 30 heavy (non-hydrogen) atoms. The number of benzene rings is 2. The number of anilines is 1. The number of nitrogens with one attached hydrogen (secondary N) is 1. The monoisotopic (exact) mass is 425 g/mol. The quantitative estimate of drug-likeness (QED) is 0.551. The van der Waals surface area contributed by atoms with E-state index in [2.05, 4.69) is 20.8 Å². The molecule has 156 valence electrons. The Bertz CT molecular complexity index is 986. The summed E-state index contributed by atoms with van der Waals surface area (Å²) in [6.07, 6.45) is 2.21. The summed E-state index contributed by atoms with van der Waals surface area (Å²) in [5, 5.41) is 15.2. The van der Waals surface area contributed by atoms with Crippen molar-refractivity contribution in [3.05, 3.63) is 54.1 Å². The van der Waals surface area contributed by atoms with Crippen LogP contribution in [0, 0.1) is 6.92 Å². The fraction of sp³-hybridized carbons (Fsp3) is 0.333. The van der Waals surface area contributed by atoms with E-state index in [0.717, 1.165) is 30.8 Å². The molecule has 2 heterocycles. The van der Waals surface area contributed by atoms with Crippen molar-refractivity contribution >= 4 is 23.4 Å². The van der Waals surface area contributed by atoms with Crippen molar-refractivity contribution in [2.24, 2.45) is 0 Å². The minimum Gasteiger partial charge on any atom is -0.457 e. The molecule has 0 spiro atoms. The highest BCUT2D eigenvalue weighted by Crippen LogP contribution is 2.24. The van der Waals surface area contributed by atoms with E-state index >= 15 is 0 Å². The van der Waals surface area contributed by atoms with Gasteiger partial charge in [0.05, 0.1) is 18.4 Å². The third-order valence-corrected chi connectivity index (χ3v) is 5.55. The minimum absolute atomic E-state index is 0.126. The van der Waals surface area contributed by atoms with Crippen LogP contribution in [0.3, 0.4) is 0 Å². The van der Waals surface area contributed by atoms with E-state index in [1.165, 1.54) is 11.8 Å². The predicted octanol–water partition coefficient (Wildman–Crippen LogP) is 3.68. The van der Waals surface area contributed by atoms with Gasteiger partial charge in [-0.05, 0) is 72.2 Å². The Balaban J connectivity index is 1.27. The van der Waals surface area contributed by atoms with Gasteiger partial charge in [-0.3, -0.25) is 4.79 Å². The summed E-state index contributed by atoms with van der Waals surface area (Å²) in [6, 6.07) is 15.1. The first-order chi connectivity index (χ1) is 14.7. The van der Waals surface area contributed by atoms with Gasteiger partial charge >= 0.3 is 0 Å². The predicted molar refractivity (Wildman–Crippen MR) is 114 cm³/mol. The second kappa shape index (κ2) is 9.73. The largest absolute Gasteiger partial charge is 0.457 e. The maximum atomic E-state index is 12.3. The topological polar surface area (TPSA) is 91.2 Å². The number of tetrazole rings is 1. The number of rotatable bonds is 8. The second-order valence-corrected chi connectivity index (χ2v) is 8.00. The molecule has 0 radical (unpaired) electrons. The van der Waals surface area contributed by atoms with Gasteiger partial charge in [-0.2, -0.15) is 0 Å². The average molecular weight is 426 g/mol. The van der Waals surface area contributed by atoms with Crippen LogP contribution in [0.4, 0.5) is 5.69 Å². The van der Waals surface area contributed by atoms with Gasteiger partial charge in [-0.25, -0.2) is 4.68 Å². The van der Waals surface area contributed by atoms with Gasteiger partial charge < -0.3 is 14.8 Å². The fourth-order valence-corrected chi connectivity index (χ4v) is 3.83. The molecule has 2 aromatic carbocycles.